The van der Waals surface area contributed by atoms with Gasteiger partial charge in [0.05, 0.1) is 4.90 Å². The van der Waals surface area contributed by atoms with Crippen LogP contribution < -0.4 is 5.32 Å². The molecule has 0 radical (unpaired) electrons. The molecule has 1 N–H and O–H groups in total. The van der Waals surface area contributed by atoms with E-state index in [4.69, 9.17) is 11.6 Å². The Morgan fingerprint density at radius 3 is 2.85 bits per heavy atom. The second kappa shape index (κ2) is 4.91. The second-order valence-corrected chi connectivity index (χ2v) is 7.19. The molecular weight excluding hydrogens is 296 g/mol. The van der Waals surface area contributed by atoms with Gasteiger partial charge in [0.1, 0.15) is 0 Å². The van der Waals surface area contributed by atoms with Crippen LogP contribution in [0.15, 0.2) is 41.6 Å². The normalized spacial score (nSPS) is 18.2. The molecule has 1 atom stereocenters. The fourth-order valence-electron chi connectivity index (χ4n) is 2.65. The Morgan fingerprint density at radius 2 is 2.15 bits per heavy atom. The minimum Gasteiger partial charge on any atom is -0.313 e. The number of benzene rings is 1. The van der Waals surface area contributed by atoms with Gasteiger partial charge in [0.25, 0.3) is 10.0 Å². The van der Waals surface area contributed by atoms with Crippen molar-refractivity contribution in [3.05, 3.63) is 52.8 Å². The van der Waals surface area contributed by atoms with Gasteiger partial charge in [-0.05, 0) is 49.2 Å². The number of nitrogens with zero attached hydrogens (tertiary/aromatic N) is 1. The third-order valence-corrected chi connectivity index (χ3v) is 5.57. The SMILES string of the molecule is CNC1CCc2cn(S(=O)(=O)c3cccc(Cl)c3)cc21. The highest BCUT2D eigenvalue weighted by Crippen LogP contribution is 2.33. The first-order valence-corrected chi connectivity index (χ1v) is 8.23. The van der Waals surface area contributed by atoms with Crippen molar-refractivity contribution >= 4 is 21.6 Å². The van der Waals surface area contributed by atoms with Gasteiger partial charge < -0.3 is 5.32 Å². The molecule has 0 amide bonds. The van der Waals surface area contributed by atoms with E-state index in [0.717, 1.165) is 24.0 Å². The lowest BCUT2D eigenvalue weighted by atomic mass is 10.2. The highest BCUT2D eigenvalue weighted by atomic mass is 35.5. The third kappa shape index (κ3) is 2.16. The van der Waals surface area contributed by atoms with E-state index in [1.54, 1.807) is 30.6 Å². The molecule has 1 heterocycles. The van der Waals surface area contributed by atoms with Gasteiger partial charge in [-0.2, -0.15) is 0 Å². The largest absolute Gasteiger partial charge is 0.313 e. The Labute approximate surface area is 123 Å². The lowest BCUT2D eigenvalue weighted by molar-refractivity contribution is 0.578. The van der Waals surface area contributed by atoms with Crippen LogP contribution in [-0.2, 0) is 16.4 Å². The maximum absolute atomic E-state index is 12.6. The number of rotatable bonds is 3. The van der Waals surface area contributed by atoms with Crippen LogP contribution in [-0.4, -0.2) is 19.4 Å². The van der Waals surface area contributed by atoms with Crippen LogP contribution in [0.4, 0.5) is 0 Å². The van der Waals surface area contributed by atoms with Gasteiger partial charge in [-0.1, -0.05) is 17.7 Å². The predicted molar refractivity (Wildman–Crippen MR) is 78.6 cm³/mol. The summed E-state index contributed by atoms with van der Waals surface area (Å²) in [5, 5.41) is 3.62. The molecule has 3 rings (SSSR count). The third-order valence-electron chi connectivity index (χ3n) is 3.72. The summed E-state index contributed by atoms with van der Waals surface area (Å²) in [7, 11) is -1.68. The first-order chi connectivity index (χ1) is 9.52. The van der Waals surface area contributed by atoms with Gasteiger partial charge in [-0.15, -0.1) is 0 Å². The Hall–Kier alpha value is -1.30. The van der Waals surface area contributed by atoms with Gasteiger partial charge in [0, 0.05) is 23.5 Å². The minimum absolute atomic E-state index is 0.208. The quantitative estimate of drug-likeness (QED) is 0.948. The number of hydrogen-bond acceptors (Lipinski definition) is 3. The Kier molecular flexibility index (Phi) is 3.36. The van der Waals surface area contributed by atoms with Crippen LogP contribution in [0.3, 0.4) is 0 Å². The van der Waals surface area contributed by atoms with Gasteiger partial charge in [0.2, 0.25) is 0 Å². The molecule has 0 aliphatic heterocycles. The van der Waals surface area contributed by atoms with Crippen LogP contribution in [0.2, 0.25) is 5.02 Å². The molecule has 0 fully saturated rings. The monoisotopic (exact) mass is 310 g/mol. The van der Waals surface area contributed by atoms with E-state index in [1.807, 2.05) is 7.05 Å². The predicted octanol–water partition coefficient (Wildman–Crippen LogP) is 2.59. The first-order valence-electron chi connectivity index (χ1n) is 6.41. The van der Waals surface area contributed by atoms with Crippen LogP contribution in [0.25, 0.3) is 0 Å². The first kappa shape index (κ1) is 13.7. The van der Waals surface area contributed by atoms with E-state index in [2.05, 4.69) is 5.32 Å². The van der Waals surface area contributed by atoms with Gasteiger partial charge in [0.15, 0.2) is 0 Å². The van der Waals surface area contributed by atoms with Crippen LogP contribution >= 0.6 is 11.6 Å². The van der Waals surface area contributed by atoms with Crippen molar-refractivity contribution < 1.29 is 8.42 Å². The van der Waals surface area contributed by atoms with Crippen molar-refractivity contribution in [1.82, 2.24) is 9.29 Å². The average Bonchev–Trinajstić information content (AvgIpc) is 2.98. The van der Waals surface area contributed by atoms with Gasteiger partial charge >= 0.3 is 0 Å². The van der Waals surface area contributed by atoms with Gasteiger partial charge in [-0.3, -0.25) is 0 Å². The Balaban J connectivity index is 2.05. The molecule has 6 heteroatoms. The summed E-state index contributed by atoms with van der Waals surface area (Å²) in [6.45, 7) is 0. The lowest BCUT2D eigenvalue weighted by Crippen LogP contribution is -2.14. The second-order valence-electron chi connectivity index (χ2n) is 4.91. The van der Waals surface area contributed by atoms with E-state index in [1.165, 1.54) is 10.0 Å². The van der Waals surface area contributed by atoms with E-state index in [0.29, 0.717) is 5.02 Å². The van der Waals surface area contributed by atoms with E-state index in [-0.39, 0.29) is 10.9 Å². The Bertz CT molecular complexity index is 752. The molecule has 1 aliphatic rings. The number of aryl methyl sites for hydroxylation is 1. The maximum Gasteiger partial charge on any atom is 0.267 e. The average molecular weight is 311 g/mol. The molecular formula is C14H15ClN2O2S. The van der Waals surface area contributed by atoms with Crippen LogP contribution in [0.5, 0.6) is 0 Å². The standard InChI is InChI=1S/C14H15ClN2O2S/c1-16-14-6-5-10-8-17(9-13(10)14)20(18,19)12-4-2-3-11(15)7-12/h2-4,7-9,14,16H,5-6H2,1H3. The molecule has 106 valence electrons. The van der Waals surface area contributed by atoms with Crippen LogP contribution in [0, 0.1) is 0 Å². The van der Waals surface area contributed by atoms with E-state index in [9.17, 15) is 8.42 Å². The fourth-order valence-corrected chi connectivity index (χ4v) is 4.19. The summed E-state index contributed by atoms with van der Waals surface area (Å²) in [5.41, 5.74) is 2.16. The zero-order valence-electron chi connectivity index (χ0n) is 11.0. The molecule has 1 unspecified atom stereocenters. The Morgan fingerprint density at radius 1 is 1.35 bits per heavy atom. The van der Waals surface area contributed by atoms with Crippen LogP contribution in [0.1, 0.15) is 23.6 Å². The highest BCUT2D eigenvalue weighted by molar-refractivity contribution is 7.90. The zero-order chi connectivity index (χ0) is 14.3. The molecule has 0 spiro atoms. The summed E-state index contributed by atoms with van der Waals surface area (Å²) in [4.78, 5) is 0.208. The van der Waals surface area contributed by atoms with Crippen molar-refractivity contribution in [1.29, 1.82) is 0 Å². The summed E-state index contributed by atoms with van der Waals surface area (Å²) < 4.78 is 26.4. The van der Waals surface area contributed by atoms with Crippen molar-refractivity contribution in [2.75, 3.05) is 7.05 Å². The zero-order valence-corrected chi connectivity index (χ0v) is 12.6. The van der Waals surface area contributed by atoms with Crippen molar-refractivity contribution in [2.45, 2.75) is 23.8 Å². The summed E-state index contributed by atoms with van der Waals surface area (Å²) in [6, 6.07) is 6.57. The van der Waals surface area contributed by atoms with E-state index < -0.39 is 10.0 Å². The van der Waals surface area contributed by atoms with E-state index >= 15 is 0 Å². The number of nitrogens with one attached hydrogen (secondary N) is 1. The summed E-state index contributed by atoms with van der Waals surface area (Å²) in [6.07, 6.45) is 5.33. The molecule has 2 aromatic rings. The molecule has 0 saturated carbocycles. The number of hydrogen-bond donors (Lipinski definition) is 1. The molecule has 1 aromatic heterocycles. The van der Waals surface area contributed by atoms with Gasteiger partial charge in [-0.25, -0.2) is 12.4 Å². The fraction of sp³-hybridized carbons (Fsp3) is 0.286. The number of halogens is 1. The highest BCUT2D eigenvalue weighted by Gasteiger charge is 2.26. The van der Waals surface area contributed by atoms with Crippen molar-refractivity contribution in [3.8, 4) is 0 Å². The molecule has 4 nitrogen and oxygen atoms in total. The molecule has 0 bridgehead atoms. The molecule has 20 heavy (non-hydrogen) atoms. The minimum atomic E-state index is -3.57. The topological polar surface area (TPSA) is 51.1 Å². The smallest absolute Gasteiger partial charge is 0.267 e. The van der Waals surface area contributed by atoms with Crippen molar-refractivity contribution in [2.24, 2.45) is 0 Å². The summed E-state index contributed by atoms with van der Waals surface area (Å²) >= 11 is 5.88. The lowest BCUT2D eigenvalue weighted by Gasteiger charge is -2.09. The van der Waals surface area contributed by atoms with Crippen molar-refractivity contribution in [3.63, 3.8) is 0 Å². The number of aromatic nitrogens is 1. The molecule has 0 saturated heterocycles. The molecule has 1 aromatic carbocycles. The summed E-state index contributed by atoms with van der Waals surface area (Å²) in [5.74, 6) is 0. The number of fused-ring (bicyclic) bond motifs is 1. The maximum atomic E-state index is 12.6. The molecule has 1 aliphatic carbocycles.